The summed E-state index contributed by atoms with van der Waals surface area (Å²) in [5.41, 5.74) is 6.49. The van der Waals surface area contributed by atoms with E-state index in [4.69, 9.17) is 10.5 Å². The summed E-state index contributed by atoms with van der Waals surface area (Å²) in [7, 11) is 3.39. The second-order valence-electron chi connectivity index (χ2n) is 4.30. The van der Waals surface area contributed by atoms with Crippen LogP contribution in [0.25, 0.3) is 0 Å². The summed E-state index contributed by atoms with van der Waals surface area (Å²) in [4.78, 5) is 3.16. The largest absolute Gasteiger partial charge is 0.495 e. The molecule has 0 bridgehead atoms. The Morgan fingerprint density at radius 2 is 2.21 bits per heavy atom. The van der Waals surface area contributed by atoms with Crippen LogP contribution in [-0.4, -0.2) is 20.7 Å². The highest BCUT2D eigenvalue weighted by molar-refractivity contribution is 7.09. The SMILES string of the molecule is COc1cc(N(C)CCc2cccs2)c(F)cc1N. The van der Waals surface area contributed by atoms with E-state index in [0.717, 1.165) is 13.0 Å². The molecule has 5 heteroatoms. The molecule has 0 aliphatic carbocycles. The number of likely N-dealkylation sites (N-methyl/N-ethyl adjacent to an activating group) is 1. The van der Waals surface area contributed by atoms with Gasteiger partial charge in [-0.05, 0) is 17.9 Å². The van der Waals surface area contributed by atoms with E-state index in [1.807, 2.05) is 23.4 Å². The zero-order valence-electron chi connectivity index (χ0n) is 11.0. The summed E-state index contributed by atoms with van der Waals surface area (Å²) in [6.07, 6.45) is 0.889. The molecule has 0 unspecified atom stereocenters. The van der Waals surface area contributed by atoms with Crippen LogP contribution in [-0.2, 0) is 6.42 Å². The van der Waals surface area contributed by atoms with Crippen LogP contribution in [0.3, 0.4) is 0 Å². The third-order valence-corrected chi connectivity index (χ3v) is 3.92. The Morgan fingerprint density at radius 3 is 2.84 bits per heavy atom. The quantitative estimate of drug-likeness (QED) is 0.855. The average Bonchev–Trinajstić information content (AvgIpc) is 2.89. The molecule has 0 aliphatic rings. The predicted molar refractivity (Wildman–Crippen MR) is 78.7 cm³/mol. The lowest BCUT2D eigenvalue weighted by atomic mass is 10.2. The Hall–Kier alpha value is -1.75. The summed E-state index contributed by atoms with van der Waals surface area (Å²) in [5, 5.41) is 2.04. The summed E-state index contributed by atoms with van der Waals surface area (Å²) in [6.45, 7) is 0.741. The van der Waals surface area contributed by atoms with Gasteiger partial charge in [0, 0.05) is 30.6 Å². The number of nitrogens with two attached hydrogens (primary N) is 1. The molecule has 0 saturated carbocycles. The van der Waals surface area contributed by atoms with E-state index in [0.29, 0.717) is 17.1 Å². The number of rotatable bonds is 5. The first-order valence-electron chi connectivity index (χ1n) is 5.98. The fourth-order valence-corrected chi connectivity index (χ4v) is 2.58. The maximum atomic E-state index is 13.9. The summed E-state index contributed by atoms with van der Waals surface area (Å²) < 4.78 is 19.0. The first kappa shape index (κ1) is 13.7. The molecule has 0 radical (unpaired) electrons. The van der Waals surface area contributed by atoms with Crippen LogP contribution in [0.2, 0.25) is 0 Å². The lowest BCUT2D eigenvalue weighted by molar-refractivity contribution is 0.416. The van der Waals surface area contributed by atoms with E-state index in [-0.39, 0.29) is 5.82 Å². The number of hydrogen-bond acceptors (Lipinski definition) is 4. The maximum Gasteiger partial charge on any atom is 0.148 e. The number of ether oxygens (including phenoxy) is 1. The van der Waals surface area contributed by atoms with Gasteiger partial charge >= 0.3 is 0 Å². The van der Waals surface area contributed by atoms with Crippen molar-refractivity contribution in [3.05, 3.63) is 40.3 Å². The van der Waals surface area contributed by atoms with E-state index in [1.54, 1.807) is 17.4 Å². The van der Waals surface area contributed by atoms with Crippen LogP contribution in [0.1, 0.15) is 4.88 Å². The van der Waals surface area contributed by atoms with Crippen LogP contribution in [0, 0.1) is 5.82 Å². The lowest BCUT2D eigenvalue weighted by Gasteiger charge is -2.21. The number of nitrogens with zero attached hydrogens (tertiary/aromatic N) is 1. The highest BCUT2D eigenvalue weighted by Gasteiger charge is 2.12. The summed E-state index contributed by atoms with van der Waals surface area (Å²) >= 11 is 1.71. The Balaban J connectivity index is 2.11. The van der Waals surface area contributed by atoms with Crippen molar-refractivity contribution in [3.8, 4) is 5.75 Å². The molecule has 102 valence electrons. The van der Waals surface area contributed by atoms with Gasteiger partial charge in [0.2, 0.25) is 0 Å². The van der Waals surface area contributed by atoms with Crippen molar-refractivity contribution in [1.29, 1.82) is 0 Å². The van der Waals surface area contributed by atoms with Crippen molar-refractivity contribution in [2.75, 3.05) is 31.3 Å². The van der Waals surface area contributed by atoms with Crippen LogP contribution in [0.15, 0.2) is 29.6 Å². The monoisotopic (exact) mass is 280 g/mol. The normalized spacial score (nSPS) is 10.5. The molecule has 1 heterocycles. The van der Waals surface area contributed by atoms with Crippen molar-refractivity contribution in [1.82, 2.24) is 0 Å². The topological polar surface area (TPSA) is 38.5 Å². The highest BCUT2D eigenvalue weighted by Crippen LogP contribution is 2.30. The minimum Gasteiger partial charge on any atom is -0.495 e. The van der Waals surface area contributed by atoms with E-state index in [9.17, 15) is 4.39 Å². The van der Waals surface area contributed by atoms with E-state index >= 15 is 0 Å². The molecule has 3 nitrogen and oxygen atoms in total. The lowest BCUT2D eigenvalue weighted by Crippen LogP contribution is -2.21. The molecule has 0 amide bonds. The summed E-state index contributed by atoms with van der Waals surface area (Å²) in [5.74, 6) is 0.173. The zero-order chi connectivity index (χ0) is 13.8. The minimum atomic E-state index is -0.327. The van der Waals surface area contributed by atoms with E-state index in [2.05, 4.69) is 6.07 Å². The molecule has 19 heavy (non-hydrogen) atoms. The van der Waals surface area contributed by atoms with Gasteiger partial charge in [-0.2, -0.15) is 0 Å². The fourth-order valence-electron chi connectivity index (χ4n) is 1.88. The minimum absolute atomic E-state index is 0.315. The molecule has 2 N–H and O–H groups in total. The van der Waals surface area contributed by atoms with Crippen molar-refractivity contribution in [2.45, 2.75) is 6.42 Å². The third-order valence-electron chi connectivity index (χ3n) is 2.98. The molecule has 2 rings (SSSR count). The van der Waals surface area contributed by atoms with Gasteiger partial charge in [0.25, 0.3) is 0 Å². The van der Waals surface area contributed by atoms with Gasteiger partial charge in [0.15, 0.2) is 0 Å². The van der Waals surface area contributed by atoms with Gasteiger partial charge in [-0.3, -0.25) is 0 Å². The molecule has 1 aromatic carbocycles. The molecule has 0 aliphatic heterocycles. The van der Waals surface area contributed by atoms with Crippen molar-refractivity contribution in [3.63, 3.8) is 0 Å². The number of halogens is 1. The number of benzene rings is 1. The van der Waals surface area contributed by atoms with Gasteiger partial charge in [0.05, 0.1) is 18.5 Å². The smallest absolute Gasteiger partial charge is 0.148 e. The van der Waals surface area contributed by atoms with Gasteiger partial charge in [0.1, 0.15) is 11.6 Å². The summed E-state index contributed by atoms with van der Waals surface area (Å²) in [6, 6.07) is 7.04. The fraction of sp³-hybridized carbons (Fsp3) is 0.286. The highest BCUT2D eigenvalue weighted by atomic mass is 32.1. The predicted octanol–water partition coefficient (Wildman–Crippen LogP) is 3.16. The number of methoxy groups -OCH3 is 1. The first-order valence-corrected chi connectivity index (χ1v) is 6.86. The van der Waals surface area contributed by atoms with Crippen LogP contribution in [0.5, 0.6) is 5.75 Å². The molecule has 0 fully saturated rings. The molecular weight excluding hydrogens is 263 g/mol. The third kappa shape index (κ3) is 3.17. The Bertz CT molecular complexity index is 543. The molecule has 0 spiro atoms. The first-order chi connectivity index (χ1) is 9.11. The zero-order valence-corrected chi connectivity index (χ0v) is 11.8. The number of hydrogen-bond donors (Lipinski definition) is 1. The molecular formula is C14H17FN2OS. The van der Waals surface area contributed by atoms with Crippen molar-refractivity contribution in [2.24, 2.45) is 0 Å². The second-order valence-corrected chi connectivity index (χ2v) is 5.33. The van der Waals surface area contributed by atoms with E-state index in [1.165, 1.54) is 18.1 Å². The van der Waals surface area contributed by atoms with Crippen molar-refractivity contribution < 1.29 is 9.13 Å². The van der Waals surface area contributed by atoms with Crippen molar-refractivity contribution >= 4 is 22.7 Å². The Labute approximate surface area is 116 Å². The van der Waals surface area contributed by atoms with Gasteiger partial charge in [-0.25, -0.2) is 4.39 Å². The number of thiophene rings is 1. The Kier molecular flexibility index (Phi) is 4.27. The Morgan fingerprint density at radius 1 is 1.42 bits per heavy atom. The second kappa shape index (κ2) is 5.93. The van der Waals surface area contributed by atoms with Gasteiger partial charge < -0.3 is 15.4 Å². The number of nitrogen functional groups attached to an aromatic ring is 1. The molecule has 0 saturated heterocycles. The average molecular weight is 280 g/mol. The molecule has 1 aromatic heterocycles. The van der Waals surface area contributed by atoms with E-state index < -0.39 is 0 Å². The standard InChI is InChI=1S/C14H17FN2OS/c1-17(6-5-10-4-3-7-19-10)13-9-14(18-2)12(16)8-11(13)15/h3-4,7-9H,5-6,16H2,1-2H3. The van der Waals surface area contributed by atoms with Crippen LogP contribution >= 0.6 is 11.3 Å². The van der Waals surface area contributed by atoms with Gasteiger partial charge in [-0.15, -0.1) is 11.3 Å². The molecule has 0 atom stereocenters. The van der Waals surface area contributed by atoms with Crippen LogP contribution in [0.4, 0.5) is 15.8 Å². The molecule has 2 aromatic rings. The van der Waals surface area contributed by atoms with Gasteiger partial charge in [-0.1, -0.05) is 6.07 Å². The van der Waals surface area contributed by atoms with Crippen LogP contribution < -0.4 is 15.4 Å². The maximum absolute atomic E-state index is 13.9. The number of anilines is 2.